The summed E-state index contributed by atoms with van der Waals surface area (Å²) < 4.78 is 5.37. The molecule has 1 heterocycles. The number of ketones is 1. The van der Waals surface area contributed by atoms with Crippen molar-refractivity contribution in [1.29, 1.82) is 0 Å². The van der Waals surface area contributed by atoms with E-state index in [4.69, 9.17) is 4.74 Å². The van der Waals surface area contributed by atoms with Crippen molar-refractivity contribution in [3.05, 3.63) is 78.1 Å². The fourth-order valence-electron chi connectivity index (χ4n) is 2.29. The third-order valence-corrected chi connectivity index (χ3v) is 3.44. The van der Waals surface area contributed by atoms with Crippen LogP contribution in [0, 0.1) is 0 Å². The van der Waals surface area contributed by atoms with Crippen LogP contribution in [0.3, 0.4) is 0 Å². The Bertz CT molecular complexity index is 736. The minimum absolute atomic E-state index is 0.0605. The van der Waals surface area contributed by atoms with Gasteiger partial charge in [-0.3, -0.25) is 4.79 Å². The Balaban J connectivity index is 2.50. The highest BCUT2D eigenvalue weighted by Crippen LogP contribution is 2.33. The van der Waals surface area contributed by atoms with E-state index in [1.54, 1.807) is 36.4 Å². The largest absolute Gasteiger partial charge is 0.504 e. The van der Waals surface area contributed by atoms with Crippen molar-refractivity contribution in [2.24, 2.45) is 0 Å². The molecule has 0 atom stereocenters. The van der Waals surface area contributed by atoms with E-state index in [0.717, 1.165) is 0 Å². The zero-order chi connectivity index (χ0) is 16.8. The van der Waals surface area contributed by atoms with Crippen molar-refractivity contribution in [3.63, 3.8) is 0 Å². The van der Waals surface area contributed by atoms with E-state index in [-0.39, 0.29) is 30.3 Å². The molecule has 0 radical (unpaired) electrons. The summed E-state index contributed by atoms with van der Waals surface area (Å²) in [6.45, 7) is 7.56. The van der Waals surface area contributed by atoms with E-state index in [0.29, 0.717) is 22.3 Å². The van der Waals surface area contributed by atoms with Crippen LogP contribution in [0.25, 0.3) is 6.08 Å². The van der Waals surface area contributed by atoms with Gasteiger partial charge in [-0.25, -0.2) is 0 Å². The molecule has 1 aliphatic rings. The van der Waals surface area contributed by atoms with Crippen LogP contribution in [0.5, 0.6) is 11.5 Å². The van der Waals surface area contributed by atoms with E-state index in [2.05, 4.69) is 13.2 Å². The second kappa shape index (κ2) is 7.31. The van der Waals surface area contributed by atoms with Crippen LogP contribution in [-0.4, -0.2) is 22.6 Å². The smallest absolute Gasteiger partial charge is 0.170 e. The summed E-state index contributed by atoms with van der Waals surface area (Å²) in [4.78, 5) is 12.6. The van der Waals surface area contributed by atoms with Crippen LogP contribution < -0.4 is 0 Å². The summed E-state index contributed by atoms with van der Waals surface area (Å²) in [6.07, 6.45) is 9.61. The van der Waals surface area contributed by atoms with Gasteiger partial charge in [-0.15, -0.1) is 0 Å². The van der Waals surface area contributed by atoms with Gasteiger partial charge in [0.15, 0.2) is 17.3 Å². The number of phenolic OH excluding ortho intramolecular Hbond substituents is 2. The highest BCUT2D eigenvalue weighted by molar-refractivity contribution is 6.01. The molecule has 0 spiro atoms. The Morgan fingerprint density at radius 1 is 1.26 bits per heavy atom. The Hall–Kier alpha value is -3.01. The molecule has 1 aromatic rings. The van der Waals surface area contributed by atoms with Gasteiger partial charge < -0.3 is 14.9 Å². The first-order valence-electron chi connectivity index (χ1n) is 7.09. The van der Waals surface area contributed by atoms with Crippen LogP contribution in [0.2, 0.25) is 0 Å². The van der Waals surface area contributed by atoms with Gasteiger partial charge in [0.25, 0.3) is 0 Å². The van der Waals surface area contributed by atoms with Gasteiger partial charge in [0.05, 0.1) is 11.8 Å². The van der Waals surface area contributed by atoms with Gasteiger partial charge >= 0.3 is 0 Å². The summed E-state index contributed by atoms with van der Waals surface area (Å²) in [5, 5.41) is 19.6. The van der Waals surface area contributed by atoms with Gasteiger partial charge in [0.1, 0.15) is 6.61 Å². The zero-order valence-electron chi connectivity index (χ0n) is 12.7. The molecule has 1 aromatic carbocycles. The van der Waals surface area contributed by atoms with Crippen LogP contribution in [-0.2, 0) is 16.0 Å². The quantitative estimate of drug-likeness (QED) is 0.663. The first-order chi connectivity index (χ1) is 11.1. The van der Waals surface area contributed by atoms with E-state index in [9.17, 15) is 15.0 Å². The lowest BCUT2D eigenvalue weighted by molar-refractivity contribution is -0.114. The topological polar surface area (TPSA) is 66.8 Å². The Morgan fingerprint density at radius 2 is 2.04 bits per heavy atom. The molecule has 4 heteroatoms. The fraction of sp³-hybridized carbons (Fsp3) is 0.105. The summed E-state index contributed by atoms with van der Waals surface area (Å²) in [5.41, 5.74) is 2.03. The Morgan fingerprint density at radius 3 is 2.74 bits per heavy atom. The molecule has 0 saturated carbocycles. The van der Waals surface area contributed by atoms with Gasteiger partial charge in [-0.2, -0.15) is 0 Å². The standard InChI is InChI=1S/C19H18O4/c1-3-6-13(4-2)16-12-23-10-5-7-15-14(11-18(16)21)8-9-17(20)19(15)22/h3-9,12,20,22H,1-2,10-11H2/b7-5-,13-6+,16-12-. The summed E-state index contributed by atoms with van der Waals surface area (Å²) in [5.74, 6) is -0.657. The second-order valence-corrected chi connectivity index (χ2v) is 4.94. The number of phenols is 2. The first-order valence-corrected chi connectivity index (χ1v) is 7.09. The normalized spacial score (nSPS) is 18.9. The number of aromatic hydroxyl groups is 2. The molecule has 0 unspecified atom stereocenters. The van der Waals surface area contributed by atoms with Crippen LogP contribution in [0.1, 0.15) is 11.1 Å². The van der Waals surface area contributed by atoms with Gasteiger partial charge in [0, 0.05) is 12.0 Å². The molecule has 1 aliphatic heterocycles. The van der Waals surface area contributed by atoms with E-state index in [1.807, 2.05) is 0 Å². The Kier molecular flexibility index (Phi) is 5.20. The zero-order valence-corrected chi connectivity index (χ0v) is 12.7. The molecule has 23 heavy (non-hydrogen) atoms. The maximum atomic E-state index is 12.6. The Labute approximate surface area is 135 Å². The summed E-state index contributed by atoms with van der Waals surface area (Å²) in [7, 11) is 0. The average molecular weight is 310 g/mol. The molecule has 0 saturated heterocycles. The number of carbonyl (C=O) groups excluding carboxylic acids is 1. The van der Waals surface area contributed by atoms with Crippen molar-refractivity contribution in [2.45, 2.75) is 6.42 Å². The monoisotopic (exact) mass is 310 g/mol. The average Bonchev–Trinajstić information content (AvgIpc) is 2.54. The van der Waals surface area contributed by atoms with E-state index < -0.39 is 0 Å². The predicted molar refractivity (Wildman–Crippen MR) is 90.0 cm³/mol. The predicted octanol–water partition coefficient (Wildman–Crippen LogP) is 3.44. The summed E-state index contributed by atoms with van der Waals surface area (Å²) in [6, 6.07) is 2.99. The number of carbonyl (C=O) groups is 1. The minimum atomic E-state index is -0.247. The van der Waals surface area contributed by atoms with Crippen LogP contribution in [0.15, 0.2) is 67.0 Å². The maximum absolute atomic E-state index is 12.6. The number of rotatable bonds is 3. The fourth-order valence-corrected chi connectivity index (χ4v) is 2.29. The highest BCUT2D eigenvalue weighted by atomic mass is 16.5. The van der Waals surface area contributed by atoms with Crippen LogP contribution >= 0.6 is 0 Å². The molecule has 0 fully saturated rings. The molecular formula is C19H18O4. The van der Waals surface area contributed by atoms with Crippen molar-refractivity contribution >= 4 is 11.9 Å². The van der Waals surface area contributed by atoms with Crippen molar-refractivity contribution < 1.29 is 19.7 Å². The SMILES string of the molecule is C=C/C=C(C=C)/C1=C/OC/C=C\c2c(ccc(O)c2O)CC1=O. The maximum Gasteiger partial charge on any atom is 0.170 e. The molecule has 118 valence electrons. The number of fused-ring (bicyclic) bond motifs is 1. The molecule has 0 aromatic heterocycles. The molecule has 0 amide bonds. The molecule has 2 N–H and O–H groups in total. The van der Waals surface area contributed by atoms with E-state index in [1.165, 1.54) is 12.3 Å². The second-order valence-electron chi connectivity index (χ2n) is 4.94. The molecular weight excluding hydrogens is 292 g/mol. The number of benzene rings is 1. The number of hydrogen-bond donors (Lipinski definition) is 2. The number of hydrogen-bond acceptors (Lipinski definition) is 4. The van der Waals surface area contributed by atoms with Crippen molar-refractivity contribution in [2.75, 3.05) is 6.61 Å². The molecule has 2 rings (SSSR count). The molecule has 0 bridgehead atoms. The third-order valence-electron chi connectivity index (χ3n) is 3.44. The highest BCUT2D eigenvalue weighted by Gasteiger charge is 2.18. The lowest BCUT2D eigenvalue weighted by Gasteiger charge is -2.13. The molecule has 4 nitrogen and oxygen atoms in total. The summed E-state index contributed by atoms with van der Waals surface area (Å²) >= 11 is 0. The number of ether oxygens (including phenoxy) is 1. The van der Waals surface area contributed by atoms with Gasteiger partial charge in [-0.05, 0) is 23.3 Å². The van der Waals surface area contributed by atoms with E-state index >= 15 is 0 Å². The van der Waals surface area contributed by atoms with Crippen molar-refractivity contribution in [3.8, 4) is 11.5 Å². The van der Waals surface area contributed by atoms with Gasteiger partial charge in [-0.1, -0.05) is 43.5 Å². The lowest BCUT2D eigenvalue weighted by atomic mass is 9.94. The number of Topliss-reactive ketones (excluding diaryl/α,β-unsaturated/α-hetero) is 1. The molecule has 0 aliphatic carbocycles. The van der Waals surface area contributed by atoms with Gasteiger partial charge in [0.2, 0.25) is 0 Å². The first kappa shape index (κ1) is 16.4. The van der Waals surface area contributed by atoms with Crippen LogP contribution in [0.4, 0.5) is 0 Å². The lowest BCUT2D eigenvalue weighted by Crippen LogP contribution is -2.10. The third kappa shape index (κ3) is 3.61. The minimum Gasteiger partial charge on any atom is -0.504 e. The number of allylic oxidation sites excluding steroid dienone is 5. The van der Waals surface area contributed by atoms with Crippen molar-refractivity contribution in [1.82, 2.24) is 0 Å².